The largest absolute Gasteiger partial charge is 0.511 e. The number of aryl methyl sites for hydroxylation is 1. The Hall–Kier alpha value is -2.18. The van der Waals surface area contributed by atoms with Crippen molar-refractivity contribution in [2.75, 3.05) is 0 Å². The van der Waals surface area contributed by atoms with Gasteiger partial charge >= 0.3 is 12.3 Å². The first-order valence-corrected chi connectivity index (χ1v) is 5.24. The van der Waals surface area contributed by atoms with E-state index >= 15 is 0 Å². The van der Waals surface area contributed by atoms with Crippen molar-refractivity contribution in [3.63, 3.8) is 0 Å². The summed E-state index contributed by atoms with van der Waals surface area (Å²) in [6.07, 6.45) is -7.97. The molecule has 2 rings (SSSR count). The van der Waals surface area contributed by atoms with Crippen molar-refractivity contribution in [2.45, 2.75) is 19.2 Å². The van der Waals surface area contributed by atoms with Gasteiger partial charge < -0.3 is 14.6 Å². The van der Waals surface area contributed by atoms with E-state index in [0.717, 1.165) is 11.6 Å². The van der Waals surface area contributed by atoms with Gasteiger partial charge in [-0.2, -0.15) is 13.2 Å². The van der Waals surface area contributed by atoms with Crippen LogP contribution in [0, 0.1) is 6.92 Å². The monoisotopic (exact) mass is 274 g/mol. The van der Waals surface area contributed by atoms with E-state index in [1.54, 1.807) is 19.1 Å². The van der Waals surface area contributed by atoms with Gasteiger partial charge in [-0.1, -0.05) is 11.6 Å². The number of hydrogen-bond donors (Lipinski definition) is 1. The number of alkyl halides is 3. The zero-order chi connectivity index (χ0) is 14.2. The molecule has 0 bridgehead atoms. The van der Waals surface area contributed by atoms with Crippen LogP contribution in [-0.2, 0) is 4.74 Å². The molecule has 0 radical (unpaired) electrons. The molecule has 0 saturated carbocycles. The summed E-state index contributed by atoms with van der Waals surface area (Å²) in [6, 6.07) is 4.58. The molecule has 0 spiro atoms. The third kappa shape index (κ3) is 2.81. The molecule has 4 nitrogen and oxygen atoms in total. The van der Waals surface area contributed by atoms with Gasteiger partial charge in [-0.05, 0) is 25.1 Å². The van der Waals surface area contributed by atoms with Crippen molar-refractivity contribution in [1.29, 1.82) is 0 Å². The summed E-state index contributed by atoms with van der Waals surface area (Å²) in [7, 11) is 0. The number of benzene rings is 1. The first-order valence-electron chi connectivity index (χ1n) is 5.24. The maximum Gasteiger partial charge on any atom is 0.511 e. The average molecular weight is 274 g/mol. The number of carboxylic acid groups (broad SMARTS) is 1. The molecule has 0 saturated heterocycles. The van der Waals surface area contributed by atoms with Crippen LogP contribution in [0.3, 0.4) is 0 Å². The van der Waals surface area contributed by atoms with Crippen LogP contribution in [0.5, 0.6) is 5.75 Å². The van der Waals surface area contributed by atoms with E-state index in [1.165, 1.54) is 6.07 Å². The average Bonchev–Trinajstić information content (AvgIpc) is 2.25. The highest BCUT2D eigenvalue weighted by Gasteiger charge is 2.48. The fraction of sp³-hybridized carbons (Fsp3) is 0.250. The van der Waals surface area contributed by atoms with Gasteiger partial charge in [-0.25, -0.2) is 4.79 Å². The predicted octanol–water partition coefficient (Wildman–Crippen LogP) is 3.35. The quantitative estimate of drug-likeness (QED) is 0.798. The summed E-state index contributed by atoms with van der Waals surface area (Å²) >= 11 is 0. The maximum atomic E-state index is 12.8. The van der Waals surface area contributed by atoms with Gasteiger partial charge in [0.1, 0.15) is 5.75 Å². The minimum absolute atomic E-state index is 0.0330. The maximum absolute atomic E-state index is 12.8. The zero-order valence-electron chi connectivity index (χ0n) is 9.69. The lowest BCUT2D eigenvalue weighted by atomic mass is 10.1. The Balaban J connectivity index is 2.46. The van der Waals surface area contributed by atoms with Crippen LogP contribution < -0.4 is 4.74 Å². The second-order valence-electron chi connectivity index (χ2n) is 4.00. The Kier molecular flexibility index (Phi) is 3.13. The van der Waals surface area contributed by atoms with Crippen molar-refractivity contribution >= 4 is 12.2 Å². The number of hydrogen-bond acceptors (Lipinski definition) is 3. The fourth-order valence-corrected chi connectivity index (χ4v) is 1.71. The van der Waals surface area contributed by atoms with Crippen molar-refractivity contribution < 1.29 is 32.5 Å². The number of carbonyl (C=O) groups is 1. The Labute approximate surface area is 106 Å². The molecular formula is C12H9F3O4. The Bertz CT molecular complexity index is 548. The topological polar surface area (TPSA) is 55.8 Å². The molecule has 7 heteroatoms. The lowest BCUT2D eigenvalue weighted by molar-refractivity contribution is -0.191. The van der Waals surface area contributed by atoms with E-state index in [2.05, 4.69) is 4.74 Å². The molecule has 1 aliphatic rings. The molecule has 1 heterocycles. The van der Waals surface area contributed by atoms with E-state index in [1.807, 2.05) is 0 Å². The zero-order valence-corrected chi connectivity index (χ0v) is 9.69. The highest BCUT2D eigenvalue weighted by molar-refractivity contribution is 5.67. The Morgan fingerprint density at radius 3 is 2.68 bits per heavy atom. The molecular weight excluding hydrogens is 265 g/mol. The number of fused-ring (bicyclic) bond motifs is 1. The molecule has 1 aromatic rings. The molecule has 0 aromatic heterocycles. The van der Waals surface area contributed by atoms with Gasteiger partial charge in [0, 0.05) is 5.56 Å². The molecule has 1 atom stereocenters. The summed E-state index contributed by atoms with van der Waals surface area (Å²) in [4.78, 5) is 10.4. The summed E-state index contributed by atoms with van der Waals surface area (Å²) < 4.78 is 47.3. The fourth-order valence-electron chi connectivity index (χ4n) is 1.71. The van der Waals surface area contributed by atoms with Gasteiger partial charge in [0.2, 0.25) is 0 Å². The summed E-state index contributed by atoms with van der Waals surface area (Å²) in [5.41, 5.74) is 1.15. The van der Waals surface area contributed by atoms with E-state index in [4.69, 9.17) is 9.84 Å². The second-order valence-corrected chi connectivity index (χ2v) is 4.00. The van der Waals surface area contributed by atoms with Crippen LogP contribution in [0.4, 0.5) is 18.0 Å². The van der Waals surface area contributed by atoms with Gasteiger partial charge in [0.15, 0.2) is 5.76 Å². The summed E-state index contributed by atoms with van der Waals surface area (Å²) in [5.74, 6) is -0.760. The molecule has 19 heavy (non-hydrogen) atoms. The Morgan fingerprint density at radius 1 is 1.42 bits per heavy atom. The number of ether oxygens (including phenoxy) is 2. The van der Waals surface area contributed by atoms with Gasteiger partial charge in [-0.15, -0.1) is 0 Å². The lowest BCUT2D eigenvalue weighted by Gasteiger charge is -2.27. The number of rotatable bonds is 1. The van der Waals surface area contributed by atoms with Crippen molar-refractivity contribution in [3.8, 4) is 5.75 Å². The highest BCUT2D eigenvalue weighted by Crippen LogP contribution is 2.37. The van der Waals surface area contributed by atoms with Gasteiger partial charge in [-0.3, -0.25) is 0 Å². The molecule has 0 fully saturated rings. The minimum Gasteiger partial charge on any atom is -0.472 e. The van der Waals surface area contributed by atoms with E-state index in [0.29, 0.717) is 5.56 Å². The third-order valence-electron chi connectivity index (χ3n) is 2.47. The first kappa shape index (κ1) is 13.3. The molecule has 102 valence electrons. The number of halogens is 3. The van der Waals surface area contributed by atoms with Crippen LogP contribution in [-0.4, -0.2) is 23.5 Å². The normalized spacial score (nSPS) is 18.1. The van der Waals surface area contributed by atoms with Crippen LogP contribution in [0.25, 0.3) is 6.08 Å². The smallest absolute Gasteiger partial charge is 0.472 e. The highest BCUT2D eigenvalue weighted by atomic mass is 19.4. The van der Waals surface area contributed by atoms with E-state index in [-0.39, 0.29) is 5.75 Å². The summed E-state index contributed by atoms with van der Waals surface area (Å²) in [5, 5.41) is 8.47. The first-order chi connectivity index (χ1) is 8.77. The molecule has 1 aromatic carbocycles. The van der Waals surface area contributed by atoms with Crippen LogP contribution in [0.1, 0.15) is 11.1 Å². The lowest BCUT2D eigenvalue weighted by Crippen LogP contribution is -2.39. The van der Waals surface area contributed by atoms with Gasteiger partial charge in [0.05, 0.1) is 0 Å². The van der Waals surface area contributed by atoms with Crippen LogP contribution >= 0.6 is 0 Å². The standard InChI is InChI=1S/C12H9F3O4/c1-6-2-3-8-7(4-6)5-9(19-11(16)17)10(18-8)12(13,14)15/h2-5,10H,1H3,(H,16,17). The van der Waals surface area contributed by atoms with Crippen LogP contribution in [0.2, 0.25) is 0 Å². The SMILES string of the molecule is Cc1ccc2c(c1)C=C(OC(=O)O)C(C(F)(F)F)O2. The molecule has 1 aliphatic heterocycles. The molecule has 1 unspecified atom stereocenters. The third-order valence-corrected chi connectivity index (χ3v) is 2.47. The van der Waals surface area contributed by atoms with Crippen molar-refractivity contribution in [2.24, 2.45) is 0 Å². The molecule has 1 N–H and O–H groups in total. The van der Waals surface area contributed by atoms with Crippen molar-refractivity contribution in [1.82, 2.24) is 0 Å². The Morgan fingerprint density at radius 2 is 2.11 bits per heavy atom. The van der Waals surface area contributed by atoms with Crippen LogP contribution in [0.15, 0.2) is 24.0 Å². The predicted molar refractivity (Wildman–Crippen MR) is 58.7 cm³/mol. The molecule has 0 amide bonds. The minimum atomic E-state index is -4.76. The van der Waals surface area contributed by atoms with Crippen molar-refractivity contribution in [3.05, 3.63) is 35.1 Å². The van der Waals surface area contributed by atoms with E-state index < -0.39 is 24.2 Å². The van der Waals surface area contributed by atoms with Gasteiger partial charge in [0.25, 0.3) is 6.10 Å². The molecule has 0 aliphatic carbocycles. The second kappa shape index (κ2) is 4.49. The van der Waals surface area contributed by atoms with E-state index in [9.17, 15) is 18.0 Å². The summed E-state index contributed by atoms with van der Waals surface area (Å²) in [6.45, 7) is 1.75.